The van der Waals surface area contributed by atoms with Crippen molar-refractivity contribution >= 4 is 10.9 Å². The van der Waals surface area contributed by atoms with E-state index in [4.69, 9.17) is 0 Å². The van der Waals surface area contributed by atoms with Crippen LogP contribution in [-0.2, 0) is 13.0 Å². The molecular weight excluding hydrogens is 256 g/mol. The van der Waals surface area contributed by atoms with Gasteiger partial charge in [-0.25, -0.2) is 0 Å². The van der Waals surface area contributed by atoms with Gasteiger partial charge in [0.2, 0.25) is 0 Å². The lowest BCUT2D eigenvalue weighted by molar-refractivity contribution is 0.724. The number of hydrogen-bond donors (Lipinski definition) is 1. The molecule has 21 heavy (non-hydrogen) atoms. The summed E-state index contributed by atoms with van der Waals surface area (Å²) in [6.45, 7) is 2.01. The van der Waals surface area contributed by atoms with Crippen molar-refractivity contribution in [2.75, 3.05) is 13.6 Å². The van der Waals surface area contributed by atoms with Gasteiger partial charge < -0.3 is 9.88 Å². The zero-order valence-electron chi connectivity index (χ0n) is 12.5. The summed E-state index contributed by atoms with van der Waals surface area (Å²) < 4.78 is 2.34. The fourth-order valence-electron chi connectivity index (χ4n) is 2.77. The van der Waals surface area contributed by atoms with Crippen LogP contribution in [0.25, 0.3) is 10.9 Å². The fraction of sp³-hybridized carbons (Fsp3) is 0.263. The molecule has 0 aliphatic carbocycles. The highest BCUT2D eigenvalue weighted by Crippen LogP contribution is 2.20. The van der Waals surface area contributed by atoms with Gasteiger partial charge in [0.25, 0.3) is 0 Å². The third-order valence-electron chi connectivity index (χ3n) is 3.93. The number of aryl methyl sites for hydroxylation is 1. The summed E-state index contributed by atoms with van der Waals surface area (Å²) in [5.41, 5.74) is 4.10. The van der Waals surface area contributed by atoms with Gasteiger partial charge in [0.15, 0.2) is 0 Å². The first-order valence-corrected chi connectivity index (χ1v) is 7.63. The molecule has 0 amide bonds. The minimum absolute atomic E-state index is 0.935. The van der Waals surface area contributed by atoms with Gasteiger partial charge in [-0.15, -0.1) is 0 Å². The minimum atomic E-state index is 0.935. The molecule has 2 aromatic carbocycles. The molecule has 2 heteroatoms. The van der Waals surface area contributed by atoms with Crippen molar-refractivity contribution in [3.8, 4) is 0 Å². The Kier molecular flexibility index (Phi) is 4.37. The normalized spacial score (nSPS) is 11.1. The maximum absolute atomic E-state index is 3.21. The molecule has 3 rings (SSSR count). The van der Waals surface area contributed by atoms with Crippen molar-refractivity contribution in [2.45, 2.75) is 19.4 Å². The van der Waals surface area contributed by atoms with Crippen molar-refractivity contribution in [1.29, 1.82) is 0 Å². The van der Waals surface area contributed by atoms with Gasteiger partial charge in [0, 0.05) is 18.3 Å². The van der Waals surface area contributed by atoms with Crippen molar-refractivity contribution in [3.05, 3.63) is 71.9 Å². The van der Waals surface area contributed by atoms with E-state index in [2.05, 4.69) is 70.7 Å². The molecule has 0 aliphatic heterocycles. The lowest BCUT2D eigenvalue weighted by atomic mass is 10.1. The molecule has 108 valence electrons. The number of aromatic nitrogens is 1. The highest BCUT2D eigenvalue weighted by molar-refractivity contribution is 5.81. The van der Waals surface area contributed by atoms with E-state index in [1.165, 1.54) is 28.5 Å². The van der Waals surface area contributed by atoms with Crippen LogP contribution in [-0.4, -0.2) is 18.2 Å². The van der Waals surface area contributed by atoms with Crippen LogP contribution in [0.1, 0.15) is 17.5 Å². The summed E-state index contributed by atoms with van der Waals surface area (Å²) in [4.78, 5) is 0. The van der Waals surface area contributed by atoms with Crippen LogP contribution >= 0.6 is 0 Å². The van der Waals surface area contributed by atoms with Gasteiger partial charge in [-0.2, -0.15) is 0 Å². The number of fused-ring (bicyclic) bond motifs is 1. The molecule has 0 radical (unpaired) electrons. The third kappa shape index (κ3) is 3.34. The van der Waals surface area contributed by atoms with Gasteiger partial charge in [0.05, 0.1) is 0 Å². The lowest BCUT2D eigenvalue weighted by Gasteiger charge is -2.07. The van der Waals surface area contributed by atoms with Crippen molar-refractivity contribution in [1.82, 2.24) is 9.88 Å². The Balaban J connectivity index is 1.83. The van der Waals surface area contributed by atoms with Gasteiger partial charge >= 0.3 is 0 Å². The Morgan fingerprint density at radius 1 is 0.952 bits per heavy atom. The molecular formula is C19H22N2. The second-order valence-corrected chi connectivity index (χ2v) is 5.53. The zero-order valence-corrected chi connectivity index (χ0v) is 12.5. The SMILES string of the molecule is CNCCCc1ccc2ccn(Cc3ccccc3)c2c1. The summed E-state index contributed by atoms with van der Waals surface area (Å²) in [7, 11) is 2.01. The minimum Gasteiger partial charge on any atom is -0.343 e. The Morgan fingerprint density at radius 2 is 1.81 bits per heavy atom. The monoisotopic (exact) mass is 278 g/mol. The second kappa shape index (κ2) is 6.59. The van der Waals surface area contributed by atoms with Gasteiger partial charge in [-0.05, 0) is 55.1 Å². The third-order valence-corrected chi connectivity index (χ3v) is 3.93. The summed E-state index contributed by atoms with van der Waals surface area (Å²) in [5, 5.41) is 4.53. The Morgan fingerprint density at radius 3 is 2.62 bits per heavy atom. The first kappa shape index (κ1) is 13.9. The molecule has 0 atom stereocenters. The fourth-order valence-corrected chi connectivity index (χ4v) is 2.77. The standard InChI is InChI=1S/C19H22N2/c1-20-12-5-8-16-9-10-18-11-13-21(19(18)14-16)15-17-6-3-2-4-7-17/h2-4,6-7,9-11,13-14,20H,5,8,12,15H2,1H3. The highest BCUT2D eigenvalue weighted by atomic mass is 14.9. The quantitative estimate of drug-likeness (QED) is 0.678. The van der Waals surface area contributed by atoms with Crippen LogP contribution in [0.2, 0.25) is 0 Å². The summed E-state index contributed by atoms with van der Waals surface area (Å²) in [6.07, 6.45) is 4.50. The topological polar surface area (TPSA) is 17.0 Å². The first-order chi connectivity index (χ1) is 10.4. The van der Waals surface area contributed by atoms with E-state index in [1.807, 2.05) is 7.05 Å². The zero-order chi connectivity index (χ0) is 14.5. The number of nitrogens with zero attached hydrogens (tertiary/aromatic N) is 1. The predicted molar refractivity (Wildman–Crippen MR) is 89.7 cm³/mol. The lowest BCUT2D eigenvalue weighted by Crippen LogP contribution is -2.08. The van der Waals surface area contributed by atoms with E-state index in [0.29, 0.717) is 0 Å². The van der Waals surface area contributed by atoms with Crippen LogP contribution in [0.15, 0.2) is 60.8 Å². The van der Waals surface area contributed by atoms with E-state index in [-0.39, 0.29) is 0 Å². The predicted octanol–water partition coefficient (Wildman–Crippen LogP) is 3.84. The van der Waals surface area contributed by atoms with E-state index in [0.717, 1.165) is 19.5 Å². The average molecular weight is 278 g/mol. The maximum Gasteiger partial charge on any atom is 0.0486 e. The summed E-state index contributed by atoms with van der Waals surface area (Å²) >= 11 is 0. The molecule has 1 aromatic heterocycles. The number of rotatable bonds is 6. The molecule has 0 spiro atoms. The number of nitrogens with one attached hydrogen (secondary N) is 1. The van der Waals surface area contributed by atoms with Crippen LogP contribution in [0.5, 0.6) is 0 Å². The average Bonchev–Trinajstić information content (AvgIpc) is 2.91. The molecule has 0 unspecified atom stereocenters. The molecule has 0 aliphatic rings. The summed E-state index contributed by atoms with van der Waals surface area (Å²) in [5.74, 6) is 0. The van der Waals surface area contributed by atoms with E-state index >= 15 is 0 Å². The van der Waals surface area contributed by atoms with Crippen molar-refractivity contribution in [3.63, 3.8) is 0 Å². The number of benzene rings is 2. The maximum atomic E-state index is 3.21. The van der Waals surface area contributed by atoms with Gasteiger partial charge in [-0.3, -0.25) is 0 Å². The van der Waals surface area contributed by atoms with Crippen LogP contribution in [0.4, 0.5) is 0 Å². The van der Waals surface area contributed by atoms with Gasteiger partial charge in [-0.1, -0.05) is 42.5 Å². The molecule has 1 heterocycles. The number of hydrogen-bond acceptors (Lipinski definition) is 1. The van der Waals surface area contributed by atoms with E-state index in [9.17, 15) is 0 Å². The molecule has 0 bridgehead atoms. The molecule has 1 N–H and O–H groups in total. The molecule has 0 saturated heterocycles. The molecule has 0 fully saturated rings. The van der Waals surface area contributed by atoms with Crippen LogP contribution in [0.3, 0.4) is 0 Å². The van der Waals surface area contributed by atoms with Crippen LogP contribution < -0.4 is 5.32 Å². The Hall–Kier alpha value is -2.06. The largest absolute Gasteiger partial charge is 0.343 e. The Labute approximate surface area is 126 Å². The van der Waals surface area contributed by atoms with Crippen LogP contribution in [0, 0.1) is 0 Å². The highest BCUT2D eigenvalue weighted by Gasteiger charge is 2.03. The molecule has 3 aromatic rings. The van der Waals surface area contributed by atoms with Gasteiger partial charge in [0.1, 0.15) is 0 Å². The van der Waals surface area contributed by atoms with E-state index < -0.39 is 0 Å². The molecule has 0 saturated carbocycles. The Bertz CT molecular complexity index is 698. The smallest absolute Gasteiger partial charge is 0.0486 e. The molecule has 2 nitrogen and oxygen atoms in total. The van der Waals surface area contributed by atoms with Crippen molar-refractivity contribution < 1.29 is 0 Å². The second-order valence-electron chi connectivity index (χ2n) is 5.53. The first-order valence-electron chi connectivity index (χ1n) is 7.63. The summed E-state index contributed by atoms with van der Waals surface area (Å²) in [6, 6.07) is 19.7. The van der Waals surface area contributed by atoms with Crippen molar-refractivity contribution in [2.24, 2.45) is 0 Å². The van der Waals surface area contributed by atoms with E-state index in [1.54, 1.807) is 0 Å².